The number of nitrogens with zero attached hydrogens (tertiary/aromatic N) is 1. The average Bonchev–Trinajstić information content (AvgIpc) is 3.28. The fraction of sp³-hybridized carbons (Fsp3) is 0.0435. The number of carbonyl (C=O) groups excluding carboxylic acids is 1. The third-order valence-electron chi connectivity index (χ3n) is 4.13. The summed E-state index contributed by atoms with van der Waals surface area (Å²) in [5, 5.41) is 6.05. The Kier molecular flexibility index (Phi) is 5.53. The highest BCUT2D eigenvalue weighted by Crippen LogP contribution is 2.23. The van der Waals surface area contributed by atoms with Gasteiger partial charge in [-0.25, -0.2) is 0 Å². The molecule has 2 heterocycles. The zero-order valence-corrected chi connectivity index (χ0v) is 15.5. The van der Waals surface area contributed by atoms with E-state index in [1.807, 2.05) is 42.5 Å². The Morgan fingerprint density at radius 3 is 2.45 bits per heavy atom. The summed E-state index contributed by atoms with van der Waals surface area (Å²) in [4.78, 5) is 16.7. The number of anilines is 2. The second-order valence-corrected chi connectivity index (χ2v) is 6.26. The van der Waals surface area contributed by atoms with Crippen LogP contribution in [-0.4, -0.2) is 10.9 Å². The van der Waals surface area contributed by atoms with Crippen molar-refractivity contribution in [2.45, 2.75) is 6.54 Å². The number of furan rings is 1. The van der Waals surface area contributed by atoms with Crippen LogP contribution in [0, 0.1) is 0 Å². The summed E-state index contributed by atoms with van der Waals surface area (Å²) in [5.41, 5.74) is 1.76. The molecule has 0 fully saturated rings. The Balaban J connectivity index is 1.36. The number of hydrogen-bond donors (Lipinski definition) is 2. The molecule has 144 valence electrons. The first-order valence-corrected chi connectivity index (χ1v) is 9.13. The number of para-hydroxylation sites is 1. The molecule has 0 radical (unpaired) electrons. The number of carbonyl (C=O) groups is 1. The van der Waals surface area contributed by atoms with Gasteiger partial charge in [0.05, 0.1) is 12.8 Å². The molecule has 0 unspecified atom stereocenters. The van der Waals surface area contributed by atoms with E-state index in [1.54, 1.807) is 48.9 Å². The van der Waals surface area contributed by atoms with E-state index in [1.165, 1.54) is 0 Å². The molecule has 0 aliphatic carbocycles. The van der Waals surface area contributed by atoms with Crippen LogP contribution in [0.25, 0.3) is 0 Å². The van der Waals surface area contributed by atoms with Crippen LogP contribution in [0.3, 0.4) is 0 Å². The molecule has 0 bridgehead atoms. The predicted octanol–water partition coefficient (Wildman–Crippen LogP) is 5.33. The number of amides is 1. The lowest BCUT2D eigenvalue weighted by molar-refractivity contribution is 0.102. The maximum atomic E-state index is 12.5. The van der Waals surface area contributed by atoms with Gasteiger partial charge in [-0.2, -0.15) is 0 Å². The smallest absolute Gasteiger partial charge is 0.274 e. The van der Waals surface area contributed by atoms with Crippen molar-refractivity contribution in [1.29, 1.82) is 0 Å². The van der Waals surface area contributed by atoms with Crippen molar-refractivity contribution in [2.24, 2.45) is 0 Å². The minimum absolute atomic E-state index is 0.289. The highest BCUT2D eigenvalue weighted by Gasteiger charge is 2.09. The predicted molar refractivity (Wildman–Crippen MR) is 111 cm³/mol. The minimum Gasteiger partial charge on any atom is -0.467 e. The maximum Gasteiger partial charge on any atom is 0.274 e. The third-order valence-corrected chi connectivity index (χ3v) is 4.13. The van der Waals surface area contributed by atoms with Gasteiger partial charge in [-0.05, 0) is 60.7 Å². The van der Waals surface area contributed by atoms with Gasteiger partial charge in [0.25, 0.3) is 5.91 Å². The normalized spacial score (nSPS) is 10.3. The van der Waals surface area contributed by atoms with Crippen LogP contribution < -0.4 is 15.4 Å². The van der Waals surface area contributed by atoms with Gasteiger partial charge in [-0.1, -0.05) is 18.2 Å². The van der Waals surface area contributed by atoms with Crippen molar-refractivity contribution in [2.75, 3.05) is 10.6 Å². The van der Waals surface area contributed by atoms with Crippen LogP contribution in [0.15, 0.2) is 95.7 Å². The van der Waals surface area contributed by atoms with Crippen LogP contribution in [0.4, 0.5) is 11.4 Å². The molecule has 0 aliphatic rings. The molecule has 1 amide bonds. The molecule has 29 heavy (non-hydrogen) atoms. The summed E-state index contributed by atoms with van der Waals surface area (Å²) in [6.07, 6.45) is 3.22. The number of ether oxygens (including phenoxy) is 1. The minimum atomic E-state index is -0.289. The summed E-state index contributed by atoms with van der Waals surface area (Å²) in [5.74, 6) is 1.97. The highest BCUT2D eigenvalue weighted by atomic mass is 16.5. The molecular formula is C23H19N3O3. The molecule has 6 heteroatoms. The van der Waals surface area contributed by atoms with Crippen molar-refractivity contribution in [3.8, 4) is 11.5 Å². The summed E-state index contributed by atoms with van der Waals surface area (Å²) < 4.78 is 11.0. The quantitative estimate of drug-likeness (QED) is 0.450. The van der Waals surface area contributed by atoms with Crippen molar-refractivity contribution in [3.05, 3.63) is 103 Å². The average molecular weight is 385 g/mol. The summed E-state index contributed by atoms with van der Waals surface area (Å²) in [7, 11) is 0. The van der Waals surface area contributed by atoms with Crippen LogP contribution in [0.1, 0.15) is 16.2 Å². The van der Waals surface area contributed by atoms with Crippen LogP contribution in [-0.2, 0) is 6.54 Å². The Labute approximate surface area is 168 Å². The molecule has 4 aromatic rings. The van der Waals surface area contributed by atoms with Crippen LogP contribution >= 0.6 is 0 Å². The first-order valence-electron chi connectivity index (χ1n) is 9.13. The first kappa shape index (κ1) is 18.3. The largest absolute Gasteiger partial charge is 0.467 e. The van der Waals surface area contributed by atoms with E-state index >= 15 is 0 Å². The third kappa shape index (κ3) is 5.01. The van der Waals surface area contributed by atoms with E-state index in [2.05, 4.69) is 15.6 Å². The fourth-order valence-electron chi connectivity index (χ4n) is 2.69. The Morgan fingerprint density at radius 1 is 0.897 bits per heavy atom. The van der Waals surface area contributed by atoms with Crippen molar-refractivity contribution < 1.29 is 13.9 Å². The summed E-state index contributed by atoms with van der Waals surface area (Å²) >= 11 is 0. The molecule has 0 atom stereocenters. The SMILES string of the molecule is O=C(Nc1ccc(Oc2ccccc2)cc1)c1cc(NCc2ccco2)ccn1. The van der Waals surface area contributed by atoms with Gasteiger partial charge in [0.15, 0.2) is 0 Å². The molecule has 0 saturated heterocycles. The second-order valence-electron chi connectivity index (χ2n) is 6.26. The number of rotatable bonds is 7. The second kappa shape index (κ2) is 8.75. The first-order chi connectivity index (χ1) is 14.3. The molecule has 0 spiro atoms. The lowest BCUT2D eigenvalue weighted by atomic mass is 10.2. The molecule has 4 rings (SSSR count). The van der Waals surface area contributed by atoms with Crippen molar-refractivity contribution in [1.82, 2.24) is 4.98 Å². The van der Waals surface area contributed by atoms with Crippen molar-refractivity contribution in [3.63, 3.8) is 0 Å². The van der Waals surface area contributed by atoms with E-state index < -0.39 is 0 Å². The number of pyridine rings is 1. The van der Waals surface area contributed by atoms with Gasteiger partial charge < -0.3 is 19.8 Å². The molecular weight excluding hydrogens is 366 g/mol. The van der Waals surface area contributed by atoms with E-state index in [4.69, 9.17) is 9.15 Å². The zero-order chi connectivity index (χ0) is 19.9. The molecule has 2 aromatic heterocycles. The van der Waals surface area contributed by atoms with Crippen LogP contribution in [0.5, 0.6) is 11.5 Å². The molecule has 0 saturated carbocycles. The maximum absolute atomic E-state index is 12.5. The van der Waals surface area contributed by atoms with E-state index in [0.717, 1.165) is 17.2 Å². The van der Waals surface area contributed by atoms with Crippen molar-refractivity contribution >= 4 is 17.3 Å². The fourth-order valence-corrected chi connectivity index (χ4v) is 2.69. The van der Waals surface area contributed by atoms with Gasteiger partial charge in [0.1, 0.15) is 23.0 Å². The standard InChI is InChI=1S/C23H19N3O3/c27-23(22-15-18(12-13-24-22)25-16-21-7-4-14-28-21)26-17-8-10-20(11-9-17)29-19-5-2-1-3-6-19/h1-15H,16H2,(H,24,25)(H,26,27). The molecule has 0 aliphatic heterocycles. The monoisotopic (exact) mass is 385 g/mol. The lowest BCUT2D eigenvalue weighted by Gasteiger charge is -2.09. The van der Waals surface area contributed by atoms with Crippen LogP contribution in [0.2, 0.25) is 0 Å². The lowest BCUT2D eigenvalue weighted by Crippen LogP contribution is -2.14. The Morgan fingerprint density at radius 2 is 1.69 bits per heavy atom. The molecule has 2 aromatic carbocycles. The summed E-state index contributed by atoms with van der Waals surface area (Å²) in [6, 6.07) is 23.9. The number of hydrogen-bond acceptors (Lipinski definition) is 5. The molecule has 2 N–H and O–H groups in total. The topological polar surface area (TPSA) is 76.4 Å². The zero-order valence-electron chi connectivity index (χ0n) is 15.5. The number of aromatic nitrogens is 1. The van der Waals surface area contributed by atoms with E-state index in [0.29, 0.717) is 23.7 Å². The Hall–Kier alpha value is -4.06. The highest BCUT2D eigenvalue weighted by molar-refractivity contribution is 6.03. The van der Waals surface area contributed by atoms with Gasteiger partial charge in [-0.3, -0.25) is 9.78 Å². The van der Waals surface area contributed by atoms with Gasteiger partial charge in [-0.15, -0.1) is 0 Å². The van der Waals surface area contributed by atoms with Gasteiger partial charge >= 0.3 is 0 Å². The summed E-state index contributed by atoms with van der Waals surface area (Å²) in [6.45, 7) is 0.529. The molecule has 6 nitrogen and oxygen atoms in total. The number of nitrogens with one attached hydrogen (secondary N) is 2. The van der Waals surface area contributed by atoms with Gasteiger partial charge in [0, 0.05) is 17.6 Å². The Bertz CT molecular complexity index is 1060. The number of benzene rings is 2. The van der Waals surface area contributed by atoms with Gasteiger partial charge in [0.2, 0.25) is 0 Å². The van der Waals surface area contributed by atoms with E-state index in [-0.39, 0.29) is 5.91 Å². The van der Waals surface area contributed by atoms with E-state index in [9.17, 15) is 4.79 Å².